The molecule has 1 aliphatic heterocycles. The molecule has 0 bridgehead atoms. The molecule has 1 saturated heterocycles. The second-order valence-electron chi connectivity index (χ2n) is 7.50. The summed E-state index contributed by atoms with van der Waals surface area (Å²) in [4.78, 5) is 11.4. The van der Waals surface area contributed by atoms with Gasteiger partial charge in [-0.1, -0.05) is 30.3 Å². The maximum atomic E-state index is 5.72. The number of aromatic nitrogens is 1. The number of piperidine rings is 1. The average molecular weight is 544 g/mol. The van der Waals surface area contributed by atoms with Crippen LogP contribution in [0.3, 0.4) is 0 Å². The van der Waals surface area contributed by atoms with E-state index in [-0.39, 0.29) is 24.0 Å². The van der Waals surface area contributed by atoms with E-state index in [0.717, 1.165) is 43.7 Å². The van der Waals surface area contributed by atoms with Crippen molar-refractivity contribution in [2.24, 2.45) is 10.9 Å². The van der Waals surface area contributed by atoms with Crippen molar-refractivity contribution in [3.8, 4) is 0 Å². The molecule has 0 aliphatic carbocycles. The lowest BCUT2D eigenvalue weighted by Crippen LogP contribution is -2.43. The number of likely N-dealkylation sites (tertiary alicyclic amines) is 1. The highest BCUT2D eigenvalue weighted by atomic mass is 127. The molecule has 0 radical (unpaired) electrons. The van der Waals surface area contributed by atoms with E-state index in [1.165, 1.54) is 24.1 Å². The molecule has 2 aromatic rings. The van der Waals surface area contributed by atoms with Gasteiger partial charge in [0.15, 0.2) is 5.96 Å². The number of aryl methyl sites for hydroxylation is 1. The first kappa shape index (κ1) is 25.0. The number of benzene rings is 1. The first-order valence-electron chi connectivity index (χ1n) is 10.4. The molecule has 1 aromatic carbocycles. The van der Waals surface area contributed by atoms with Crippen LogP contribution in [-0.2, 0) is 17.9 Å². The third-order valence-electron chi connectivity index (χ3n) is 5.19. The molecule has 1 fully saturated rings. The van der Waals surface area contributed by atoms with E-state index >= 15 is 0 Å². The largest absolute Gasteiger partial charge is 0.375 e. The Morgan fingerprint density at radius 3 is 2.67 bits per heavy atom. The van der Waals surface area contributed by atoms with Crippen molar-refractivity contribution in [3.05, 3.63) is 52.0 Å². The molecule has 0 amide bonds. The van der Waals surface area contributed by atoms with Crippen LogP contribution in [0.4, 0.5) is 0 Å². The van der Waals surface area contributed by atoms with Crippen molar-refractivity contribution in [2.45, 2.75) is 32.9 Å². The van der Waals surface area contributed by atoms with Crippen LogP contribution in [0.15, 0.2) is 40.7 Å². The van der Waals surface area contributed by atoms with E-state index in [0.29, 0.717) is 19.1 Å². The van der Waals surface area contributed by atoms with E-state index in [4.69, 9.17) is 4.74 Å². The second kappa shape index (κ2) is 14.0. The highest BCUT2D eigenvalue weighted by Crippen LogP contribution is 2.19. The summed E-state index contributed by atoms with van der Waals surface area (Å²) in [5.74, 6) is 1.55. The van der Waals surface area contributed by atoms with Gasteiger partial charge in [0.25, 0.3) is 0 Å². The molecule has 2 N–H and O–H groups in total. The van der Waals surface area contributed by atoms with Crippen molar-refractivity contribution >= 4 is 41.3 Å². The number of halogens is 1. The fraction of sp³-hybridized carbons (Fsp3) is 0.545. The first-order valence-corrected chi connectivity index (χ1v) is 11.3. The van der Waals surface area contributed by atoms with Gasteiger partial charge in [-0.15, -0.1) is 35.3 Å². The van der Waals surface area contributed by atoms with Gasteiger partial charge in [0, 0.05) is 32.1 Å². The number of hydrogen-bond acceptors (Lipinski definition) is 5. The minimum atomic E-state index is 0. The van der Waals surface area contributed by atoms with E-state index < -0.39 is 0 Å². The Labute approximate surface area is 201 Å². The molecule has 8 heteroatoms. The topological polar surface area (TPSA) is 61.8 Å². The average Bonchev–Trinajstić information content (AvgIpc) is 3.16. The van der Waals surface area contributed by atoms with Gasteiger partial charge in [-0.2, -0.15) is 0 Å². The molecule has 0 saturated carbocycles. The number of nitrogens with one attached hydrogen (secondary N) is 2. The number of hydrogen-bond donors (Lipinski definition) is 2. The van der Waals surface area contributed by atoms with Crippen molar-refractivity contribution in [1.82, 2.24) is 20.5 Å². The second-order valence-corrected chi connectivity index (χ2v) is 8.56. The smallest absolute Gasteiger partial charge is 0.191 e. The zero-order chi connectivity index (χ0) is 20.3. The summed E-state index contributed by atoms with van der Waals surface area (Å²) < 4.78 is 5.72. The standard InChI is InChI=1S/C22H33N5OS.HI/c1-18-26-21(17-29-18)15-27-11-8-19(9-12-27)14-25-22(23-2)24-10-13-28-16-20-6-4-3-5-7-20;/h3-7,17,19H,8-16H2,1-2H3,(H2,23,24,25);1H. The summed E-state index contributed by atoms with van der Waals surface area (Å²) in [6.07, 6.45) is 2.43. The molecule has 0 spiro atoms. The SMILES string of the molecule is CN=C(NCCOCc1ccccc1)NCC1CCN(Cc2csc(C)n2)CC1.I. The van der Waals surface area contributed by atoms with Crippen LogP contribution in [0.2, 0.25) is 0 Å². The number of guanidine groups is 1. The third kappa shape index (κ3) is 8.87. The third-order valence-corrected chi connectivity index (χ3v) is 6.01. The quantitative estimate of drug-likeness (QED) is 0.219. The Morgan fingerprint density at radius 2 is 2.00 bits per heavy atom. The van der Waals surface area contributed by atoms with Crippen LogP contribution in [-0.4, -0.2) is 55.7 Å². The highest BCUT2D eigenvalue weighted by molar-refractivity contribution is 14.0. The summed E-state index contributed by atoms with van der Waals surface area (Å²) >= 11 is 1.74. The number of thiazole rings is 1. The molecule has 6 nitrogen and oxygen atoms in total. The highest BCUT2D eigenvalue weighted by Gasteiger charge is 2.20. The van der Waals surface area contributed by atoms with Crippen molar-refractivity contribution < 1.29 is 4.74 Å². The van der Waals surface area contributed by atoms with Gasteiger partial charge in [0.2, 0.25) is 0 Å². The molecule has 0 atom stereocenters. The van der Waals surface area contributed by atoms with Gasteiger partial charge >= 0.3 is 0 Å². The first-order chi connectivity index (χ1) is 14.2. The lowest BCUT2D eigenvalue weighted by atomic mass is 9.97. The molecule has 2 heterocycles. The van der Waals surface area contributed by atoms with Crippen molar-refractivity contribution in [3.63, 3.8) is 0 Å². The Bertz CT molecular complexity index is 747. The Hall–Kier alpha value is -1.23. The Balaban J connectivity index is 0.00000320. The minimum absolute atomic E-state index is 0. The monoisotopic (exact) mass is 543 g/mol. The van der Waals surface area contributed by atoms with Crippen LogP contribution in [0.25, 0.3) is 0 Å². The summed E-state index contributed by atoms with van der Waals surface area (Å²) in [6, 6.07) is 10.3. The maximum absolute atomic E-state index is 5.72. The predicted molar refractivity (Wildman–Crippen MR) is 136 cm³/mol. The predicted octanol–water partition coefficient (Wildman–Crippen LogP) is 3.66. The lowest BCUT2D eigenvalue weighted by Gasteiger charge is -2.31. The molecule has 1 aliphatic rings. The maximum Gasteiger partial charge on any atom is 0.191 e. The summed E-state index contributed by atoms with van der Waals surface area (Å²) in [5.41, 5.74) is 2.41. The number of rotatable bonds is 9. The van der Waals surface area contributed by atoms with E-state index in [9.17, 15) is 0 Å². The summed E-state index contributed by atoms with van der Waals surface area (Å²) in [5, 5.41) is 10.1. The summed E-state index contributed by atoms with van der Waals surface area (Å²) in [6.45, 7) is 8.35. The van der Waals surface area contributed by atoms with Crippen LogP contribution in [0.1, 0.15) is 29.1 Å². The zero-order valence-electron chi connectivity index (χ0n) is 18.0. The fourth-order valence-corrected chi connectivity index (χ4v) is 4.13. The molecule has 3 rings (SSSR count). The van der Waals surface area contributed by atoms with Crippen LogP contribution in [0.5, 0.6) is 0 Å². The van der Waals surface area contributed by atoms with Crippen LogP contribution in [0, 0.1) is 12.8 Å². The van der Waals surface area contributed by atoms with Gasteiger partial charge in [0.05, 0.1) is 23.9 Å². The minimum Gasteiger partial charge on any atom is -0.375 e. The van der Waals surface area contributed by atoms with Gasteiger partial charge < -0.3 is 15.4 Å². The Kier molecular flexibility index (Phi) is 11.6. The molecule has 1 aromatic heterocycles. The number of aliphatic imine (C=N–C) groups is 1. The lowest BCUT2D eigenvalue weighted by molar-refractivity contribution is 0.125. The van der Waals surface area contributed by atoms with Gasteiger partial charge in [-0.25, -0.2) is 4.98 Å². The van der Waals surface area contributed by atoms with Crippen LogP contribution < -0.4 is 10.6 Å². The van der Waals surface area contributed by atoms with Crippen molar-refractivity contribution in [2.75, 3.05) is 39.8 Å². The zero-order valence-corrected chi connectivity index (χ0v) is 21.1. The fourth-order valence-electron chi connectivity index (χ4n) is 3.53. The molecular weight excluding hydrogens is 509 g/mol. The normalized spacial score (nSPS) is 15.6. The number of ether oxygens (including phenoxy) is 1. The summed E-state index contributed by atoms with van der Waals surface area (Å²) in [7, 11) is 1.82. The van der Waals surface area contributed by atoms with Gasteiger partial charge in [-0.05, 0) is 44.3 Å². The molecule has 30 heavy (non-hydrogen) atoms. The number of nitrogens with zero attached hydrogens (tertiary/aromatic N) is 3. The van der Waals surface area contributed by atoms with Crippen LogP contribution >= 0.6 is 35.3 Å². The van der Waals surface area contributed by atoms with Gasteiger partial charge in [-0.3, -0.25) is 9.89 Å². The van der Waals surface area contributed by atoms with Crippen molar-refractivity contribution in [1.29, 1.82) is 0 Å². The van der Waals surface area contributed by atoms with E-state index in [1.54, 1.807) is 11.3 Å². The Morgan fingerprint density at radius 1 is 1.23 bits per heavy atom. The van der Waals surface area contributed by atoms with Gasteiger partial charge in [0.1, 0.15) is 0 Å². The molecular formula is C22H34IN5OS. The molecule has 0 unspecified atom stereocenters. The van der Waals surface area contributed by atoms with E-state index in [2.05, 4.69) is 49.9 Å². The molecule has 166 valence electrons. The van der Waals surface area contributed by atoms with E-state index in [1.807, 2.05) is 25.2 Å².